The van der Waals surface area contributed by atoms with Gasteiger partial charge in [-0.2, -0.15) is 0 Å². The highest BCUT2D eigenvalue weighted by Gasteiger charge is 2.51. The van der Waals surface area contributed by atoms with E-state index in [4.69, 9.17) is 4.98 Å². The second-order valence-electron chi connectivity index (χ2n) is 13.1. The van der Waals surface area contributed by atoms with Gasteiger partial charge in [-0.25, -0.2) is 0 Å². The number of benzene rings is 6. The van der Waals surface area contributed by atoms with Crippen molar-refractivity contribution in [3.63, 3.8) is 0 Å². The molecule has 2 aliphatic rings. The minimum absolute atomic E-state index is 0.388. The van der Waals surface area contributed by atoms with E-state index in [1.165, 1.54) is 50.1 Å². The molecule has 10 rings (SSSR count). The fraction of sp³-hybridized carbons (Fsp3) is 0.0213. The van der Waals surface area contributed by atoms with E-state index >= 15 is 0 Å². The molecule has 50 heavy (non-hydrogen) atoms. The maximum Gasteiger partial charge on any atom is 0.0725 e. The highest BCUT2D eigenvalue weighted by atomic mass is 14.9. The summed E-state index contributed by atoms with van der Waals surface area (Å²) in [6.07, 6.45) is 3.69. The van der Waals surface area contributed by atoms with Crippen LogP contribution in [-0.2, 0) is 5.41 Å². The summed E-state index contributed by atoms with van der Waals surface area (Å²) < 4.78 is 0. The van der Waals surface area contributed by atoms with E-state index in [9.17, 15) is 0 Å². The van der Waals surface area contributed by atoms with Gasteiger partial charge in [-0.3, -0.25) is 9.97 Å². The lowest BCUT2D eigenvalue weighted by Gasteiger charge is -2.30. The second kappa shape index (κ2) is 11.3. The van der Waals surface area contributed by atoms with Crippen molar-refractivity contribution in [3.8, 4) is 55.9 Å². The van der Waals surface area contributed by atoms with E-state index < -0.39 is 0 Å². The minimum Gasteiger partial charge on any atom is -0.355 e. The molecule has 2 aromatic heterocycles. The van der Waals surface area contributed by atoms with Crippen molar-refractivity contribution in [1.29, 1.82) is 0 Å². The summed E-state index contributed by atoms with van der Waals surface area (Å²) in [5.41, 5.74) is 18.5. The molecule has 0 saturated carbocycles. The standard InChI is InChI=1S/C47H31N3/c1-4-17-41-37(14-1)38-15-2-5-18-42(38)47(41)43-19-6-3-16-39(43)40-23-22-31(30-44(40)47)33-26-34(46-21-8-10-25-49-46)29-36(28-33)50-35-13-11-12-32(27-35)45-20-7-9-24-48-45/h1-30,50H. The normalized spacial score (nSPS) is 13.0. The number of hydrogen-bond donors (Lipinski definition) is 1. The molecule has 0 bridgehead atoms. The predicted octanol–water partition coefficient (Wildman–Crippen LogP) is 11.6. The number of hydrogen-bond acceptors (Lipinski definition) is 3. The summed E-state index contributed by atoms with van der Waals surface area (Å²) in [6, 6.07) is 61.2. The summed E-state index contributed by atoms with van der Waals surface area (Å²) in [4.78, 5) is 9.31. The van der Waals surface area contributed by atoms with Crippen LogP contribution in [0.4, 0.5) is 11.4 Å². The van der Waals surface area contributed by atoms with Crippen LogP contribution in [0.1, 0.15) is 22.3 Å². The molecule has 0 amide bonds. The lowest BCUT2D eigenvalue weighted by molar-refractivity contribution is 0.794. The fourth-order valence-electron chi connectivity index (χ4n) is 8.28. The number of aromatic nitrogens is 2. The molecule has 0 atom stereocenters. The first-order valence-corrected chi connectivity index (χ1v) is 17.1. The number of fused-ring (bicyclic) bond motifs is 10. The highest BCUT2D eigenvalue weighted by molar-refractivity contribution is 5.96. The van der Waals surface area contributed by atoms with E-state index in [0.717, 1.165) is 39.5 Å². The van der Waals surface area contributed by atoms with Crippen LogP contribution in [-0.4, -0.2) is 9.97 Å². The summed E-state index contributed by atoms with van der Waals surface area (Å²) in [5.74, 6) is 0. The summed E-state index contributed by atoms with van der Waals surface area (Å²) in [5, 5.41) is 3.72. The third-order valence-corrected chi connectivity index (χ3v) is 10.3. The third kappa shape index (κ3) is 4.30. The van der Waals surface area contributed by atoms with E-state index in [-0.39, 0.29) is 5.41 Å². The first-order valence-electron chi connectivity index (χ1n) is 17.1. The van der Waals surface area contributed by atoms with E-state index in [0.29, 0.717) is 0 Å². The van der Waals surface area contributed by atoms with Crippen molar-refractivity contribution < 1.29 is 0 Å². The Balaban J connectivity index is 1.15. The largest absolute Gasteiger partial charge is 0.355 e. The Morgan fingerprint density at radius 3 is 1.50 bits per heavy atom. The summed E-state index contributed by atoms with van der Waals surface area (Å²) in [7, 11) is 0. The van der Waals surface area contributed by atoms with Crippen LogP contribution >= 0.6 is 0 Å². The fourth-order valence-corrected chi connectivity index (χ4v) is 8.28. The van der Waals surface area contributed by atoms with Crippen molar-refractivity contribution in [2.24, 2.45) is 0 Å². The molecule has 234 valence electrons. The van der Waals surface area contributed by atoms with Gasteiger partial charge in [0.15, 0.2) is 0 Å². The van der Waals surface area contributed by atoms with E-state index in [2.05, 4.69) is 150 Å². The van der Waals surface area contributed by atoms with Gasteiger partial charge in [0.1, 0.15) is 0 Å². The molecule has 3 heteroatoms. The molecule has 0 aliphatic heterocycles. The van der Waals surface area contributed by atoms with Gasteiger partial charge in [0.25, 0.3) is 0 Å². The van der Waals surface area contributed by atoms with Crippen LogP contribution in [0.2, 0.25) is 0 Å². The highest BCUT2D eigenvalue weighted by Crippen LogP contribution is 2.63. The molecule has 3 nitrogen and oxygen atoms in total. The van der Waals surface area contributed by atoms with Gasteiger partial charge in [-0.1, -0.05) is 109 Å². The quantitative estimate of drug-likeness (QED) is 0.204. The van der Waals surface area contributed by atoms with Crippen LogP contribution in [0.15, 0.2) is 182 Å². The maximum atomic E-state index is 4.74. The Bertz CT molecular complexity index is 2510. The topological polar surface area (TPSA) is 37.8 Å². The molecular weight excluding hydrogens is 607 g/mol. The van der Waals surface area contributed by atoms with Gasteiger partial charge >= 0.3 is 0 Å². The van der Waals surface area contributed by atoms with Gasteiger partial charge in [0.05, 0.1) is 16.8 Å². The van der Waals surface area contributed by atoms with Crippen molar-refractivity contribution in [1.82, 2.24) is 9.97 Å². The number of rotatable bonds is 5. The first kappa shape index (κ1) is 28.4. The molecule has 2 heterocycles. The molecule has 0 saturated heterocycles. The molecule has 6 aromatic carbocycles. The average molecular weight is 638 g/mol. The Hall–Kier alpha value is -6.58. The number of nitrogens with one attached hydrogen (secondary N) is 1. The third-order valence-electron chi connectivity index (χ3n) is 10.3. The second-order valence-corrected chi connectivity index (χ2v) is 13.1. The minimum atomic E-state index is -0.388. The lowest BCUT2D eigenvalue weighted by atomic mass is 9.70. The average Bonchev–Trinajstić information content (AvgIpc) is 3.66. The van der Waals surface area contributed by atoms with E-state index in [1.807, 2.05) is 42.7 Å². The van der Waals surface area contributed by atoms with Crippen LogP contribution in [0.25, 0.3) is 55.9 Å². The number of pyridine rings is 2. The van der Waals surface area contributed by atoms with Crippen molar-refractivity contribution >= 4 is 11.4 Å². The van der Waals surface area contributed by atoms with Gasteiger partial charge in [-0.05, 0) is 116 Å². The van der Waals surface area contributed by atoms with E-state index in [1.54, 1.807) is 0 Å². The molecule has 0 fully saturated rings. The molecule has 1 N–H and O–H groups in total. The Labute approximate surface area is 291 Å². The maximum absolute atomic E-state index is 4.74. The van der Waals surface area contributed by atoms with Gasteiger partial charge in [-0.15, -0.1) is 0 Å². The Morgan fingerprint density at radius 1 is 0.340 bits per heavy atom. The zero-order valence-electron chi connectivity index (χ0n) is 27.2. The van der Waals surface area contributed by atoms with Crippen LogP contribution < -0.4 is 5.32 Å². The molecular formula is C47H31N3. The zero-order valence-corrected chi connectivity index (χ0v) is 27.2. The SMILES string of the molecule is c1ccc(-c2cccc(Nc3cc(-c4ccc5c(c4)C4(c6ccccc6-c6ccccc64)c4ccccc4-5)cc(-c4ccccn4)c3)c2)nc1. The van der Waals surface area contributed by atoms with Crippen molar-refractivity contribution in [3.05, 3.63) is 205 Å². The van der Waals surface area contributed by atoms with Crippen LogP contribution in [0, 0.1) is 0 Å². The predicted molar refractivity (Wildman–Crippen MR) is 204 cm³/mol. The summed E-state index contributed by atoms with van der Waals surface area (Å²) in [6.45, 7) is 0. The smallest absolute Gasteiger partial charge is 0.0725 e. The van der Waals surface area contributed by atoms with Crippen LogP contribution in [0.3, 0.4) is 0 Å². The van der Waals surface area contributed by atoms with Crippen LogP contribution in [0.5, 0.6) is 0 Å². The number of nitrogens with zero attached hydrogens (tertiary/aromatic N) is 2. The molecule has 0 radical (unpaired) electrons. The lowest BCUT2D eigenvalue weighted by Crippen LogP contribution is -2.25. The zero-order chi connectivity index (χ0) is 33.1. The molecule has 1 spiro atoms. The van der Waals surface area contributed by atoms with Crippen molar-refractivity contribution in [2.75, 3.05) is 5.32 Å². The summed E-state index contributed by atoms with van der Waals surface area (Å²) >= 11 is 0. The number of anilines is 2. The van der Waals surface area contributed by atoms with Gasteiger partial charge in [0, 0.05) is 34.9 Å². The molecule has 2 aliphatic carbocycles. The van der Waals surface area contributed by atoms with Crippen molar-refractivity contribution in [2.45, 2.75) is 5.41 Å². The first-order chi connectivity index (χ1) is 24.8. The monoisotopic (exact) mass is 637 g/mol. The van der Waals surface area contributed by atoms with Gasteiger partial charge < -0.3 is 5.32 Å². The molecule has 0 unspecified atom stereocenters. The van der Waals surface area contributed by atoms with Gasteiger partial charge in [0.2, 0.25) is 0 Å². The molecule has 8 aromatic rings. The Kier molecular flexibility index (Phi) is 6.40. The Morgan fingerprint density at radius 2 is 0.880 bits per heavy atom.